The molecular weight excluding hydrogens is 258 g/mol. The second-order valence-corrected chi connectivity index (χ2v) is 4.06. The van der Waals surface area contributed by atoms with Crippen molar-refractivity contribution in [1.82, 2.24) is 9.78 Å². The number of aromatic amines is 1. The van der Waals surface area contributed by atoms with Gasteiger partial charge in [-0.1, -0.05) is 15.9 Å². The largest absolute Gasteiger partial charge is 0.326 e. The van der Waals surface area contributed by atoms with Gasteiger partial charge in [0.2, 0.25) is 0 Å². The monoisotopic (exact) mass is 267 g/mol. The van der Waals surface area contributed by atoms with Crippen molar-refractivity contribution in [2.75, 3.05) is 0 Å². The van der Waals surface area contributed by atoms with Gasteiger partial charge in [-0.2, -0.15) is 0 Å². The molecule has 1 aromatic carbocycles. The van der Waals surface area contributed by atoms with Crippen LogP contribution in [0.25, 0.3) is 5.69 Å². The Labute approximate surface area is 94.8 Å². The number of nitrogens with zero attached hydrogens (tertiary/aromatic N) is 1. The number of halogens is 1. The van der Waals surface area contributed by atoms with E-state index in [1.54, 1.807) is 10.9 Å². The Morgan fingerprint density at radius 3 is 2.53 bits per heavy atom. The summed E-state index contributed by atoms with van der Waals surface area (Å²) in [4.78, 5) is 11.3. The van der Waals surface area contributed by atoms with Crippen LogP contribution < -0.4 is 11.3 Å². The Morgan fingerprint density at radius 1 is 1.33 bits per heavy atom. The highest BCUT2D eigenvalue weighted by Gasteiger charge is 2.02. The third-order valence-electron chi connectivity index (χ3n) is 2.12. The summed E-state index contributed by atoms with van der Waals surface area (Å²) in [6.45, 7) is 0.249. The number of hydrogen-bond acceptors (Lipinski definition) is 2. The summed E-state index contributed by atoms with van der Waals surface area (Å²) < 4.78 is 2.66. The molecule has 0 bridgehead atoms. The Kier molecular flexibility index (Phi) is 2.75. The summed E-state index contributed by atoms with van der Waals surface area (Å²) in [5, 5.41) is 2.70. The van der Waals surface area contributed by atoms with Crippen molar-refractivity contribution in [2.45, 2.75) is 6.54 Å². The van der Waals surface area contributed by atoms with E-state index in [0.29, 0.717) is 5.56 Å². The maximum atomic E-state index is 11.3. The van der Waals surface area contributed by atoms with Crippen LogP contribution in [0.1, 0.15) is 5.56 Å². The number of rotatable bonds is 2. The first kappa shape index (κ1) is 10.2. The van der Waals surface area contributed by atoms with Gasteiger partial charge < -0.3 is 5.73 Å². The van der Waals surface area contributed by atoms with Gasteiger partial charge >= 0.3 is 0 Å². The minimum Gasteiger partial charge on any atom is -0.326 e. The number of benzene rings is 1. The van der Waals surface area contributed by atoms with Crippen LogP contribution in [0.3, 0.4) is 0 Å². The molecule has 0 radical (unpaired) electrons. The second-order valence-electron chi connectivity index (χ2n) is 3.15. The SMILES string of the molecule is NCc1cn(-c2ccc(Br)cc2)[nH]c1=O. The van der Waals surface area contributed by atoms with Gasteiger partial charge in [0.15, 0.2) is 0 Å². The van der Waals surface area contributed by atoms with Crippen LogP contribution in [-0.4, -0.2) is 9.78 Å². The zero-order chi connectivity index (χ0) is 10.8. The van der Waals surface area contributed by atoms with E-state index in [1.807, 2.05) is 24.3 Å². The van der Waals surface area contributed by atoms with Gasteiger partial charge in [0.25, 0.3) is 5.56 Å². The molecule has 2 aromatic rings. The normalized spacial score (nSPS) is 10.5. The van der Waals surface area contributed by atoms with E-state index in [9.17, 15) is 4.79 Å². The quantitative estimate of drug-likeness (QED) is 0.864. The van der Waals surface area contributed by atoms with Crippen molar-refractivity contribution in [3.8, 4) is 5.69 Å². The molecule has 0 fully saturated rings. The predicted octanol–water partition coefficient (Wildman–Crippen LogP) is 1.39. The van der Waals surface area contributed by atoms with Crippen LogP contribution in [0.4, 0.5) is 0 Å². The van der Waals surface area contributed by atoms with Gasteiger partial charge in [0.1, 0.15) is 0 Å². The molecule has 1 aromatic heterocycles. The molecule has 0 aliphatic rings. The Hall–Kier alpha value is -1.33. The van der Waals surface area contributed by atoms with Crippen LogP contribution in [0.15, 0.2) is 39.7 Å². The first-order valence-electron chi connectivity index (χ1n) is 4.47. The summed E-state index contributed by atoms with van der Waals surface area (Å²) in [6.07, 6.45) is 1.71. The maximum absolute atomic E-state index is 11.3. The van der Waals surface area contributed by atoms with Crippen molar-refractivity contribution in [1.29, 1.82) is 0 Å². The molecule has 78 valence electrons. The van der Waals surface area contributed by atoms with Crippen molar-refractivity contribution >= 4 is 15.9 Å². The lowest BCUT2D eigenvalue weighted by Gasteiger charge is -2.01. The Morgan fingerprint density at radius 2 is 2.00 bits per heavy atom. The molecule has 0 saturated carbocycles. The van der Waals surface area contributed by atoms with Gasteiger partial charge in [0, 0.05) is 17.2 Å². The topological polar surface area (TPSA) is 63.8 Å². The highest BCUT2D eigenvalue weighted by atomic mass is 79.9. The number of nitrogens with one attached hydrogen (secondary N) is 1. The number of H-pyrrole nitrogens is 1. The van der Waals surface area contributed by atoms with Gasteiger partial charge in [-0.15, -0.1) is 0 Å². The summed E-state index contributed by atoms with van der Waals surface area (Å²) >= 11 is 3.35. The molecule has 0 aliphatic carbocycles. The van der Waals surface area contributed by atoms with E-state index in [-0.39, 0.29) is 12.1 Å². The van der Waals surface area contributed by atoms with E-state index < -0.39 is 0 Å². The summed E-state index contributed by atoms with van der Waals surface area (Å²) in [7, 11) is 0. The average Bonchev–Trinajstić information content (AvgIpc) is 2.61. The van der Waals surface area contributed by atoms with Gasteiger partial charge in [-0.3, -0.25) is 14.6 Å². The molecule has 0 aliphatic heterocycles. The van der Waals surface area contributed by atoms with Crippen LogP contribution in [-0.2, 0) is 6.54 Å². The number of hydrogen-bond donors (Lipinski definition) is 2. The van der Waals surface area contributed by atoms with Crippen LogP contribution in [0, 0.1) is 0 Å². The standard InChI is InChI=1S/C10H10BrN3O/c11-8-1-3-9(4-2-8)14-6-7(5-12)10(15)13-14/h1-4,6H,5,12H2,(H,13,15). The van der Waals surface area contributed by atoms with E-state index >= 15 is 0 Å². The van der Waals surface area contributed by atoms with E-state index in [1.165, 1.54) is 0 Å². The molecule has 0 saturated heterocycles. The first-order valence-corrected chi connectivity index (χ1v) is 5.26. The van der Waals surface area contributed by atoms with Crippen LogP contribution in [0.5, 0.6) is 0 Å². The fourth-order valence-electron chi connectivity index (χ4n) is 1.31. The smallest absolute Gasteiger partial charge is 0.268 e. The van der Waals surface area contributed by atoms with E-state index in [4.69, 9.17) is 5.73 Å². The van der Waals surface area contributed by atoms with Crippen molar-refractivity contribution in [3.63, 3.8) is 0 Å². The molecule has 15 heavy (non-hydrogen) atoms. The summed E-state index contributed by atoms with van der Waals surface area (Å²) in [5.74, 6) is 0. The van der Waals surface area contributed by atoms with Crippen molar-refractivity contribution < 1.29 is 0 Å². The molecule has 0 spiro atoms. The third kappa shape index (κ3) is 2.03. The lowest BCUT2D eigenvalue weighted by molar-refractivity contribution is 0.864. The predicted molar refractivity (Wildman–Crippen MR) is 62.0 cm³/mol. The highest BCUT2D eigenvalue weighted by molar-refractivity contribution is 9.10. The lowest BCUT2D eigenvalue weighted by Crippen LogP contribution is -2.10. The highest BCUT2D eigenvalue weighted by Crippen LogP contribution is 2.12. The zero-order valence-corrected chi connectivity index (χ0v) is 9.49. The second kappa shape index (κ2) is 4.04. The molecule has 5 heteroatoms. The summed E-state index contributed by atoms with van der Waals surface area (Å²) in [5.41, 5.74) is 6.77. The van der Waals surface area contributed by atoms with Crippen LogP contribution in [0.2, 0.25) is 0 Å². The zero-order valence-electron chi connectivity index (χ0n) is 7.90. The maximum Gasteiger partial charge on any atom is 0.268 e. The van der Waals surface area contributed by atoms with E-state index in [2.05, 4.69) is 21.0 Å². The average molecular weight is 268 g/mol. The molecule has 3 N–H and O–H groups in total. The minimum absolute atomic E-state index is 0.139. The molecular formula is C10H10BrN3O. The van der Waals surface area contributed by atoms with Gasteiger partial charge in [-0.25, -0.2) is 0 Å². The number of nitrogens with two attached hydrogens (primary N) is 1. The lowest BCUT2D eigenvalue weighted by atomic mass is 10.3. The summed E-state index contributed by atoms with van der Waals surface area (Å²) in [6, 6.07) is 7.63. The third-order valence-corrected chi connectivity index (χ3v) is 2.65. The van der Waals surface area contributed by atoms with Gasteiger partial charge in [0.05, 0.1) is 11.3 Å². The fraction of sp³-hybridized carbons (Fsp3) is 0.100. The molecule has 0 atom stereocenters. The van der Waals surface area contributed by atoms with Gasteiger partial charge in [-0.05, 0) is 24.3 Å². The minimum atomic E-state index is -0.139. The first-order chi connectivity index (χ1) is 7.20. The number of aromatic nitrogens is 2. The Bertz CT molecular complexity index is 512. The molecule has 0 unspecified atom stereocenters. The van der Waals surface area contributed by atoms with Crippen molar-refractivity contribution in [3.05, 3.63) is 50.9 Å². The molecule has 2 rings (SSSR count). The fourth-order valence-corrected chi connectivity index (χ4v) is 1.58. The Balaban J connectivity index is 2.45. The van der Waals surface area contributed by atoms with Crippen LogP contribution >= 0.6 is 15.9 Å². The molecule has 1 heterocycles. The molecule has 0 amide bonds. The van der Waals surface area contributed by atoms with E-state index in [0.717, 1.165) is 10.2 Å². The van der Waals surface area contributed by atoms with Crippen molar-refractivity contribution in [2.24, 2.45) is 5.73 Å². The molecule has 4 nitrogen and oxygen atoms in total.